The Balaban J connectivity index is 2.20. The van der Waals surface area contributed by atoms with Crippen molar-refractivity contribution < 1.29 is 19.1 Å². The summed E-state index contributed by atoms with van der Waals surface area (Å²) in [4.78, 5) is 24.4. The van der Waals surface area contributed by atoms with Crippen LogP contribution in [0.25, 0.3) is 0 Å². The first-order valence-corrected chi connectivity index (χ1v) is 8.03. The standard InChI is InChI=1S/C18H23N3O4/c1-12(2)14-11-15(21(20-14)17(23)25-18(3,4)5)19-16(22)24-13-9-7-6-8-10-13/h6-12H,1-5H3,(H,19,22). The fraction of sp³-hybridized carbons (Fsp3) is 0.389. The van der Waals surface area contributed by atoms with Crippen molar-refractivity contribution in [3.8, 4) is 5.75 Å². The highest BCUT2D eigenvalue weighted by Gasteiger charge is 2.23. The van der Waals surface area contributed by atoms with Gasteiger partial charge in [0.05, 0.1) is 5.69 Å². The minimum atomic E-state index is -0.716. The molecule has 1 N–H and O–H groups in total. The molecule has 0 unspecified atom stereocenters. The molecule has 1 aromatic heterocycles. The van der Waals surface area contributed by atoms with Gasteiger partial charge in [0.2, 0.25) is 0 Å². The van der Waals surface area contributed by atoms with Crippen LogP contribution in [0.15, 0.2) is 36.4 Å². The van der Waals surface area contributed by atoms with Crippen molar-refractivity contribution in [1.82, 2.24) is 9.78 Å². The molecule has 7 nitrogen and oxygen atoms in total. The average molecular weight is 345 g/mol. The van der Waals surface area contributed by atoms with Crippen molar-refractivity contribution in [1.29, 1.82) is 0 Å². The summed E-state index contributed by atoms with van der Waals surface area (Å²) >= 11 is 0. The lowest BCUT2D eigenvalue weighted by Crippen LogP contribution is -2.29. The molecule has 25 heavy (non-hydrogen) atoms. The summed E-state index contributed by atoms with van der Waals surface area (Å²) in [5.41, 5.74) is -0.0241. The van der Waals surface area contributed by atoms with Gasteiger partial charge in [-0.05, 0) is 38.8 Å². The number of nitrogens with zero attached hydrogens (tertiary/aromatic N) is 2. The SMILES string of the molecule is CC(C)c1cc(NC(=O)Oc2ccccc2)n(C(=O)OC(C)(C)C)n1. The first-order chi connectivity index (χ1) is 11.7. The third kappa shape index (κ3) is 5.34. The molecule has 1 aromatic carbocycles. The number of anilines is 1. The Morgan fingerprint density at radius 2 is 1.80 bits per heavy atom. The number of aromatic nitrogens is 2. The molecule has 0 atom stereocenters. The van der Waals surface area contributed by atoms with E-state index in [0.717, 1.165) is 4.68 Å². The zero-order valence-electron chi connectivity index (χ0n) is 15.1. The second-order valence-electron chi connectivity index (χ2n) is 6.83. The zero-order chi connectivity index (χ0) is 18.6. The van der Waals surface area contributed by atoms with E-state index < -0.39 is 17.8 Å². The number of ether oxygens (including phenoxy) is 2. The highest BCUT2D eigenvalue weighted by atomic mass is 16.6. The van der Waals surface area contributed by atoms with Crippen molar-refractivity contribution >= 4 is 18.0 Å². The number of para-hydroxylation sites is 1. The molecule has 2 rings (SSSR count). The lowest BCUT2D eigenvalue weighted by molar-refractivity contribution is 0.0518. The Hall–Kier alpha value is -2.83. The van der Waals surface area contributed by atoms with Gasteiger partial charge in [0.25, 0.3) is 0 Å². The van der Waals surface area contributed by atoms with E-state index in [1.54, 1.807) is 51.1 Å². The summed E-state index contributed by atoms with van der Waals surface area (Å²) in [5.74, 6) is 0.667. The van der Waals surface area contributed by atoms with E-state index in [2.05, 4.69) is 10.4 Å². The Labute approximate surface area is 146 Å². The van der Waals surface area contributed by atoms with E-state index in [1.165, 1.54) is 0 Å². The van der Waals surface area contributed by atoms with Crippen LogP contribution < -0.4 is 10.1 Å². The van der Waals surface area contributed by atoms with Gasteiger partial charge in [0.1, 0.15) is 17.2 Å². The maximum atomic E-state index is 12.3. The summed E-state index contributed by atoms with van der Waals surface area (Å²) < 4.78 is 11.5. The molecule has 1 heterocycles. The predicted octanol–water partition coefficient (Wildman–Crippen LogP) is 4.40. The molecule has 0 saturated heterocycles. The van der Waals surface area contributed by atoms with Gasteiger partial charge in [-0.2, -0.15) is 5.10 Å². The molecule has 0 fully saturated rings. The van der Waals surface area contributed by atoms with Crippen LogP contribution in [0, 0.1) is 0 Å². The molecule has 0 bridgehead atoms. The summed E-state index contributed by atoms with van der Waals surface area (Å²) in [6, 6.07) is 10.3. The van der Waals surface area contributed by atoms with E-state index in [0.29, 0.717) is 11.4 Å². The molecule has 1 amide bonds. The lowest BCUT2D eigenvalue weighted by atomic mass is 10.1. The molecule has 0 radical (unpaired) electrons. The Kier molecular flexibility index (Phi) is 5.46. The quantitative estimate of drug-likeness (QED) is 0.891. The predicted molar refractivity (Wildman–Crippen MR) is 94.0 cm³/mol. The first kappa shape index (κ1) is 18.5. The van der Waals surface area contributed by atoms with Crippen LogP contribution >= 0.6 is 0 Å². The van der Waals surface area contributed by atoms with Crippen molar-refractivity contribution in [2.24, 2.45) is 0 Å². The van der Waals surface area contributed by atoms with E-state index in [9.17, 15) is 9.59 Å². The first-order valence-electron chi connectivity index (χ1n) is 8.03. The average Bonchev–Trinajstić information content (AvgIpc) is 2.90. The smallest absolute Gasteiger partial charge is 0.437 e. The van der Waals surface area contributed by atoms with Crippen molar-refractivity contribution in [3.63, 3.8) is 0 Å². The molecule has 0 aliphatic rings. The van der Waals surface area contributed by atoms with Gasteiger partial charge in [-0.15, -0.1) is 4.68 Å². The van der Waals surface area contributed by atoms with Crippen LogP contribution in [-0.2, 0) is 4.74 Å². The Bertz CT molecular complexity index is 745. The molecule has 7 heteroatoms. The number of rotatable bonds is 3. The van der Waals surface area contributed by atoms with Gasteiger partial charge >= 0.3 is 12.2 Å². The van der Waals surface area contributed by atoms with Gasteiger partial charge < -0.3 is 9.47 Å². The molecule has 0 aliphatic heterocycles. The molecule has 0 aliphatic carbocycles. The molecular formula is C18H23N3O4. The largest absolute Gasteiger partial charge is 0.442 e. The second-order valence-corrected chi connectivity index (χ2v) is 6.83. The summed E-state index contributed by atoms with van der Waals surface area (Å²) in [5, 5.41) is 6.77. The van der Waals surface area contributed by atoms with Gasteiger partial charge in [-0.25, -0.2) is 9.59 Å². The normalized spacial score (nSPS) is 11.3. The van der Waals surface area contributed by atoms with Crippen molar-refractivity contribution in [2.45, 2.75) is 46.1 Å². The van der Waals surface area contributed by atoms with Crippen LogP contribution in [-0.4, -0.2) is 27.6 Å². The van der Waals surface area contributed by atoms with Crippen molar-refractivity contribution in [2.75, 3.05) is 5.32 Å². The number of hydrogen-bond acceptors (Lipinski definition) is 5. The van der Waals surface area contributed by atoms with Gasteiger partial charge in [0.15, 0.2) is 0 Å². The number of benzene rings is 1. The molecule has 0 spiro atoms. The number of carbonyl (C=O) groups is 2. The number of hydrogen-bond donors (Lipinski definition) is 1. The van der Waals surface area contributed by atoms with E-state index in [-0.39, 0.29) is 11.7 Å². The zero-order valence-corrected chi connectivity index (χ0v) is 15.1. The third-order valence-corrected chi connectivity index (χ3v) is 3.07. The van der Waals surface area contributed by atoms with E-state index in [4.69, 9.17) is 9.47 Å². The minimum Gasteiger partial charge on any atom is -0.442 e. The maximum Gasteiger partial charge on any atom is 0.437 e. The fourth-order valence-corrected chi connectivity index (χ4v) is 1.94. The number of nitrogens with one attached hydrogen (secondary N) is 1. The molecule has 134 valence electrons. The maximum absolute atomic E-state index is 12.3. The summed E-state index contributed by atoms with van der Waals surface area (Å²) in [7, 11) is 0. The van der Waals surface area contributed by atoms with Crippen LogP contribution in [0.2, 0.25) is 0 Å². The molecule has 2 aromatic rings. The van der Waals surface area contributed by atoms with Crippen LogP contribution in [0.3, 0.4) is 0 Å². The Morgan fingerprint density at radius 3 is 2.36 bits per heavy atom. The van der Waals surface area contributed by atoms with Crippen LogP contribution in [0.4, 0.5) is 15.4 Å². The fourth-order valence-electron chi connectivity index (χ4n) is 1.94. The summed E-state index contributed by atoms with van der Waals surface area (Å²) in [6.07, 6.45) is -1.39. The molecular weight excluding hydrogens is 322 g/mol. The monoisotopic (exact) mass is 345 g/mol. The Morgan fingerprint density at radius 1 is 1.16 bits per heavy atom. The van der Waals surface area contributed by atoms with E-state index in [1.807, 2.05) is 19.9 Å². The van der Waals surface area contributed by atoms with Gasteiger partial charge in [-0.3, -0.25) is 5.32 Å². The van der Waals surface area contributed by atoms with Gasteiger partial charge in [-0.1, -0.05) is 32.0 Å². The lowest BCUT2D eigenvalue weighted by Gasteiger charge is -2.19. The molecule has 0 saturated carbocycles. The summed E-state index contributed by atoms with van der Waals surface area (Å²) in [6.45, 7) is 9.15. The van der Waals surface area contributed by atoms with Crippen LogP contribution in [0.5, 0.6) is 5.75 Å². The number of amides is 1. The van der Waals surface area contributed by atoms with Crippen LogP contribution in [0.1, 0.15) is 46.2 Å². The highest BCUT2D eigenvalue weighted by Crippen LogP contribution is 2.20. The van der Waals surface area contributed by atoms with Gasteiger partial charge in [0, 0.05) is 6.07 Å². The second kappa shape index (κ2) is 7.38. The highest BCUT2D eigenvalue weighted by molar-refractivity contribution is 5.88. The number of carbonyl (C=O) groups excluding carboxylic acids is 2. The minimum absolute atomic E-state index is 0.0781. The van der Waals surface area contributed by atoms with Crippen molar-refractivity contribution in [3.05, 3.63) is 42.1 Å². The third-order valence-electron chi connectivity index (χ3n) is 3.07. The topological polar surface area (TPSA) is 82.5 Å². The van der Waals surface area contributed by atoms with E-state index >= 15 is 0 Å².